The molecule has 0 bridgehead atoms. The molecule has 0 saturated heterocycles. The molecule has 0 rings (SSSR count). The lowest BCUT2D eigenvalue weighted by molar-refractivity contribution is -0.141. The van der Waals surface area contributed by atoms with Crippen LogP contribution in [0.3, 0.4) is 0 Å². The van der Waals surface area contributed by atoms with Crippen molar-refractivity contribution in [1.29, 1.82) is 5.26 Å². The van der Waals surface area contributed by atoms with Gasteiger partial charge in [-0.3, -0.25) is 4.79 Å². The predicted octanol–water partition coefficient (Wildman–Crippen LogP) is 1.13. The summed E-state index contributed by atoms with van der Waals surface area (Å²) >= 11 is 0. The van der Waals surface area contributed by atoms with Crippen molar-refractivity contribution in [3.05, 3.63) is 0 Å². The van der Waals surface area contributed by atoms with Crippen LogP contribution in [0, 0.1) is 17.2 Å². The maximum atomic E-state index is 11.8. The number of carbonyl (C=O) groups is 2. The normalized spacial score (nSPS) is 9.72. The molecular weight excluding hydrogens is 234 g/mol. The lowest BCUT2D eigenvalue weighted by Crippen LogP contribution is -2.44. The summed E-state index contributed by atoms with van der Waals surface area (Å²) in [7, 11) is 0. The Kier molecular flexibility index (Phi) is 8.37. The van der Waals surface area contributed by atoms with Gasteiger partial charge in [-0.1, -0.05) is 13.8 Å². The van der Waals surface area contributed by atoms with Gasteiger partial charge in [0.25, 0.3) is 0 Å². The molecular formula is C12H21N3O3. The molecule has 6 nitrogen and oxygen atoms in total. The summed E-state index contributed by atoms with van der Waals surface area (Å²) in [5.74, 6) is -0.160. The highest BCUT2D eigenvalue weighted by Gasteiger charge is 2.15. The van der Waals surface area contributed by atoms with Gasteiger partial charge < -0.3 is 15.0 Å². The zero-order valence-corrected chi connectivity index (χ0v) is 11.2. The van der Waals surface area contributed by atoms with E-state index in [1.807, 2.05) is 19.9 Å². The monoisotopic (exact) mass is 255 g/mol. The summed E-state index contributed by atoms with van der Waals surface area (Å²) in [6.45, 7) is 6.74. The smallest absolute Gasteiger partial charge is 0.325 e. The standard InChI is InChI=1S/C12H21N3O3/c1-4-18-11(16)8-14-12(17)15(7-5-6-13)9-10(2)3/h10H,4-5,7-9H2,1-3H3,(H,14,17). The molecule has 0 unspecified atom stereocenters. The molecule has 0 aliphatic rings. The number of nitrogens with one attached hydrogen (secondary N) is 1. The molecule has 0 spiro atoms. The van der Waals surface area contributed by atoms with E-state index in [4.69, 9.17) is 10.00 Å². The van der Waals surface area contributed by atoms with E-state index in [0.717, 1.165) is 0 Å². The SMILES string of the molecule is CCOC(=O)CNC(=O)N(CCC#N)CC(C)C. The summed E-state index contributed by atoms with van der Waals surface area (Å²) in [6, 6.07) is 1.66. The Hall–Kier alpha value is -1.77. The van der Waals surface area contributed by atoms with Gasteiger partial charge in [0, 0.05) is 13.1 Å². The van der Waals surface area contributed by atoms with Crippen molar-refractivity contribution < 1.29 is 14.3 Å². The van der Waals surface area contributed by atoms with Gasteiger partial charge in [-0.2, -0.15) is 5.26 Å². The molecule has 18 heavy (non-hydrogen) atoms. The lowest BCUT2D eigenvalue weighted by Gasteiger charge is -2.23. The zero-order valence-electron chi connectivity index (χ0n) is 11.2. The van der Waals surface area contributed by atoms with Gasteiger partial charge in [0.2, 0.25) is 0 Å². The van der Waals surface area contributed by atoms with Crippen LogP contribution in [0.5, 0.6) is 0 Å². The van der Waals surface area contributed by atoms with Crippen LogP contribution in [-0.4, -0.2) is 43.1 Å². The number of hydrogen-bond donors (Lipinski definition) is 1. The molecule has 0 aromatic carbocycles. The number of nitriles is 1. The highest BCUT2D eigenvalue weighted by Crippen LogP contribution is 2.00. The molecule has 0 aliphatic heterocycles. The fourth-order valence-electron chi connectivity index (χ4n) is 1.37. The molecule has 0 saturated carbocycles. The van der Waals surface area contributed by atoms with Gasteiger partial charge in [0.15, 0.2) is 0 Å². The van der Waals surface area contributed by atoms with Crippen molar-refractivity contribution in [3.8, 4) is 6.07 Å². The van der Waals surface area contributed by atoms with Crippen molar-refractivity contribution in [2.45, 2.75) is 27.2 Å². The van der Waals surface area contributed by atoms with E-state index in [1.54, 1.807) is 6.92 Å². The average Bonchev–Trinajstić information content (AvgIpc) is 2.31. The topological polar surface area (TPSA) is 82.4 Å². The minimum absolute atomic E-state index is 0.145. The summed E-state index contributed by atoms with van der Waals surface area (Å²) in [4.78, 5) is 24.4. The summed E-state index contributed by atoms with van der Waals surface area (Å²) in [5, 5.41) is 11.0. The van der Waals surface area contributed by atoms with Crippen LogP contribution in [0.4, 0.5) is 4.79 Å². The molecule has 0 radical (unpaired) electrons. The third kappa shape index (κ3) is 7.49. The van der Waals surface area contributed by atoms with Gasteiger partial charge in [-0.25, -0.2) is 4.79 Å². The van der Waals surface area contributed by atoms with Crippen LogP contribution >= 0.6 is 0 Å². The number of nitrogens with zero attached hydrogens (tertiary/aromatic N) is 2. The Morgan fingerprint density at radius 2 is 2.11 bits per heavy atom. The van der Waals surface area contributed by atoms with E-state index in [-0.39, 0.29) is 19.0 Å². The van der Waals surface area contributed by atoms with Crippen LogP contribution in [0.25, 0.3) is 0 Å². The van der Waals surface area contributed by atoms with E-state index >= 15 is 0 Å². The second kappa shape index (κ2) is 9.28. The molecule has 0 aliphatic carbocycles. The Morgan fingerprint density at radius 1 is 1.44 bits per heavy atom. The fraction of sp³-hybridized carbons (Fsp3) is 0.750. The largest absolute Gasteiger partial charge is 0.465 e. The van der Waals surface area contributed by atoms with Gasteiger partial charge in [-0.05, 0) is 12.8 Å². The minimum Gasteiger partial charge on any atom is -0.465 e. The minimum atomic E-state index is -0.462. The van der Waals surface area contributed by atoms with E-state index in [0.29, 0.717) is 25.6 Å². The first kappa shape index (κ1) is 16.2. The second-order valence-corrected chi connectivity index (χ2v) is 4.21. The quantitative estimate of drug-likeness (QED) is 0.691. The molecule has 6 heteroatoms. The highest BCUT2D eigenvalue weighted by molar-refractivity contribution is 5.80. The number of urea groups is 1. The summed E-state index contributed by atoms with van der Waals surface area (Å²) < 4.78 is 4.71. The van der Waals surface area contributed by atoms with Gasteiger partial charge >= 0.3 is 12.0 Å². The molecule has 2 amide bonds. The third-order valence-electron chi connectivity index (χ3n) is 2.06. The van der Waals surface area contributed by atoms with E-state index < -0.39 is 5.97 Å². The van der Waals surface area contributed by atoms with Crippen LogP contribution in [0.15, 0.2) is 0 Å². The lowest BCUT2D eigenvalue weighted by atomic mass is 10.2. The number of rotatable bonds is 7. The van der Waals surface area contributed by atoms with Crippen molar-refractivity contribution in [1.82, 2.24) is 10.2 Å². The van der Waals surface area contributed by atoms with Crippen molar-refractivity contribution in [3.63, 3.8) is 0 Å². The first-order valence-corrected chi connectivity index (χ1v) is 6.06. The van der Waals surface area contributed by atoms with Gasteiger partial charge in [0.05, 0.1) is 19.1 Å². The molecule has 102 valence electrons. The molecule has 0 atom stereocenters. The van der Waals surface area contributed by atoms with Crippen LogP contribution in [0.1, 0.15) is 27.2 Å². The zero-order chi connectivity index (χ0) is 14.0. The predicted molar refractivity (Wildman–Crippen MR) is 66.7 cm³/mol. The number of esters is 1. The second-order valence-electron chi connectivity index (χ2n) is 4.21. The van der Waals surface area contributed by atoms with E-state index in [2.05, 4.69) is 5.32 Å². The number of ether oxygens (including phenoxy) is 1. The van der Waals surface area contributed by atoms with Crippen molar-refractivity contribution >= 4 is 12.0 Å². The Balaban J connectivity index is 4.20. The van der Waals surface area contributed by atoms with E-state index in [1.165, 1.54) is 4.90 Å². The van der Waals surface area contributed by atoms with Crippen LogP contribution < -0.4 is 5.32 Å². The maximum absolute atomic E-state index is 11.8. The number of hydrogen-bond acceptors (Lipinski definition) is 4. The van der Waals surface area contributed by atoms with Gasteiger partial charge in [-0.15, -0.1) is 0 Å². The summed E-state index contributed by atoms with van der Waals surface area (Å²) in [6.07, 6.45) is 0.277. The fourth-order valence-corrected chi connectivity index (χ4v) is 1.37. The molecule has 0 aromatic heterocycles. The van der Waals surface area contributed by atoms with E-state index in [9.17, 15) is 9.59 Å². The molecule has 0 fully saturated rings. The maximum Gasteiger partial charge on any atom is 0.325 e. The Bertz CT molecular complexity index is 310. The van der Waals surface area contributed by atoms with Crippen molar-refractivity contribution in [2.24, 2.45) is 5.92 Å². The van der Waals surface area contributed by atoms with Gasteiger partial charge in [0.1, 0.15) is 6.54 Å². The first-order valence-electron chi connectivity index (χ1n) is 6.06. The average molecular weight is 255 g/mol. The third-order valence-corrected chi connectivity index (χ3v) is 2.06. The highest BCUT2D eigenvalue weighted by atomic mass is 16.5. The Labute approximate surface area is 108 Å². The Morgan fingerprint density at radius 3 is 2.61 bits per heavy atom. The van der Waals surface area contributed by atoms with Crippen molar-refractivity contribution in [2.75, 3.05) is 26.2 Å². The first-order chi connectivity index (χ1) is 8.51. The molecule has 0 aromatic rings. The molecule has 1 N–H and O–H groups in total. The molecule has 0 heterocycles. The van der Waals surface area contributed by atoms with Crippen LogP contribution in [-0.2, 0) is 9.53 Å². The number of carbonyl (C=O) groups excluding carboxylic acids is 2. The number of amides is 2. The summed E-state index contributed by atoms with van der Waals surface area (Å²) in [5.41, 5.74) is 0. The van der Waals surface area contributed by atoms with Crippen LogP contribution in [0.2, 0.25) is 0 Å².